The van der Waals surface area contributed by atoms with Crippen molar-refractivity contribution in [2.24, 2.45) is 0 Å². The molecular weight excluding hydrogens is 210 g/mol. The molecular formula is C14H17N3. The number of hydrogen-bond donors (Lipinski definition) is 1. The Balaban J connectivity index is 2.64. The maximum Gasteiger partial charge on any atom is 0.162 e. The molecule has 88 valence electrons. The first-order chi connectivity index (χ1) is 7.97. The largest absolute Gasteiger partial charge is 0.384 e. The van der Waals surface area contributed by atoms with Crippen molar-refractivity contribution in [1.29, 1.82) is 0 Å². The van der Waals surface area contributed by atoms with Crippen molar-refractivity contribution < 1.29 is 0 Å². The van der Waals surface area contributed by atoms with Crippen LogP contribution in [0, 0.1) is 27.7 Å². The Morgan fingerprint density at radius 3 is 2.12 bits per heavy atom. The molecule has 0 unspecified atom stereocenters. The van der Waals surface area contributed by atoms with E-state index in [1.807, 2.05) is 6.92 Å². The molecule has 0 amide bonds. The Labute approximate surface area is 102 Å². The Kier molecular flexibility index (Phi) is 2.84. The number of aryl methyl sites for hydroxylation is 4. The zero-order valence-electron chi connectivity index (χ0n) is 10.7. The maximum atomic E-state index is 5.76. The van der Waals surface area contributed by atoms with Crippen LogP contribution in [0.15, 0.2) is 18.2 Å². The van der Waals surface area contributed by atoms with Gasteiger partial charge in [-0.15, -0.1) is 0 Å². The second-order valence-electron chi connectivity index (χ2n) is 4.51. The molecule has 0 saturated heterocycles. The molecule has 0 radical (unpaired) electrons. The monoisotopic (exact) mass is 227 g/mol. The van der Waals surface area contributed by atoms with Crippen LogP contribution >= 0.6 is 0 Å². The number of anilines is 1. The molecule has 2 rings (SSSR count). The minimum absolute atomic E-state index is 0.519. The van der Waals surface area contributed by atoms with E-state index in [0.717, 1.165) is 11.3 Å². The van der Waals surface area contributed by atoms with Crippen LogP contribution in [0.4, 0.5) is 5.82 Å². The second kappa shape index (κ2) is 4.17. The lowest BCUT2D eigenvalue weighted by atomic mass is 10.0. The highest BCUT2D eigenvalue weighted by atomic mass is 14.9. The fraction of sp³-hybridized carbons (Fsp3) is 0.286. The van der Waals surface area contributed by atoms with Crippen molar-refractivity contribution in [3.8, 4) is 11.4 Å². The summed E-state index contributed by atoms with van der Waals surface area (Å²) in [4.78, 5) is 8.75. The van der Waals surface area contributed by atoms with E-state index in [0.29, 0.717) is 11.6 Å². The second-order valence-corrected chi connectivity index (χ2v) is 4.51. The zero-order chi connectivity index (χ0) is 12.6. The van der Waals surface area contributed by atoms with Gasteiger partial charge in [0.25, 0.3) is 0 Å². The quantitative estimate of drug-likeness (QED) is 0.814. The molecule has 0 fully saturated rings. The first-order valence-corrected chi connectivity index (χ1v) is 5.67. The smallest absolute Gasteiger partial charge is 0.162 e. The Morgan fingerprint density at radius 1 is 0.824 bits per heavy atom. The van der Waals surface area contributed by atoms with E-state index in [4.69, 9.17) is 5.73 Å². The van der Waals surface area contributed by atoms with E-state index >= 15 is 0 Å². The van der Waals surface area contributed by atoms with E-state index in [-0.39, 0.29) is 0 Å². The van der Waals surface area contributed by atoms with Crippen molar-refractivity contribution >= 4 is 5.82 Å². The normalized spacial score (nSPS) is 10.6. The maximum absolute atomic E-state index is 5.76. The minimum atomic E-state index is 0.519. The fourth-order valence-corrected chi connectivity index (χ4v) is 1.91. The van der Waals surface area contributed by atoms with E-state index in [9.17, 15) is 0 Å². The standard InChI is InChI=1S/C14H17N3/c1-8-5-10(3)12(6-9(8)2)14-16-11(4)7-13(15)17-14/h5-7H,1-4H3,(H2,15,16,17). The van der Waals surface area contributed by atoms with Crippen LogP contribution in [-0.2, 0) is 0 Å². The molecule has 2 aromatic rings. The van der Waals surface area contributed by atoms with E-state index in [1.165, 1.54) is 16.7 Å². The highest BCUT2D eigenvalue weighted by Gasteiger charge is 2.08. The Morgan fingerprint density at radius 2 is 1.47 bits per heavy atom. The SMILES string of the molecule is Cc1cc(N)nc(-c2cc(C)c(C)cc2C)n1. The molecule has 1 aromatic heterocycles. The van der Waals surface area contributed by atoms with Gasteiger partial charge in [0, 0.05) is 17.3 Å². The van der Waals surface area contributed by atoms with Crippen LogP contribution < -0.4 is 5.73 Å². The molecule has 0 aliphatic heterocycles. The summed E-state index contributed by atoms with van der Waals surface area (Å²) in [7, 11) is 0. The number of nitrogens with two attached hydrogens (primary N) is 1. The van der Waals surface area contributed by atoms with Gasteiger partial charge in [-0.05, 0) is 50.5 Å². The molecule has 0 bridgehead atoms. The molecule has 3 nitrogen and oxygen atoms in total. The summed E-state index contributed by atoms with van der Waals surface area (Å²) in [6.45, 7) is 8.20. The first-order valence-electron chi connectivity index (χ1n) is 5.67. The summed E-state index contributed by atoms with van der Waals surface area (Å²) in [5.74, 6) is 1.23. The molecule has 0 saturated carbocycles. The van der Waals surface area contributed by atoms with Crippen molar-refractivity contribution in [3.05, 3.63) is 40.6 Å². The van der Waals surface area contributed by atoms with Gasteiger partial charge >= 0.3 is 0 Å². The van der Waals surface area contributed by atoms with Gasteiger partial charge in [-0.2, -0.15) is 0 Å². The van der Waals surface area contributed by atoms with Crippen LogP contribution in [0.25, 0.3) is 11.4 Å². The summed E-state index contributed by atoms with van der Waals surface area (Å²) < 4.78 is 0. The van der Waals surface area contributed by atoms with E-state index in [2.05, 4.69) is 42.9 Å². The third-order valence-corrected chi connectivity index (χ3v) is 2.96. The summed E-state index contributed by atoms with van der Waals surface area (Å²) in [6.07, 6.45) is 0. The molecule has 0 aliphatic carbocycles. The number of nitrogen functional groups attached to an aromatic ring is 1. The van der Waals surface area contributed by atoms with Crippen molar-refractivity contribution in [3.63, 3.8) is 0 Å². The third kappa shape index (κ3) is 2.28. The molecule has 1 aromatic carbocycles. The van der Waals surface area contributed by atoms with Crippen LogP contribution in [0.3, 0.4) is 0 Å². The summed E-state index contributed by atoms with van der Waals surface area (Å²) >= 11 is 0. The van der Waals surface area contributed by atoms with Gasteiger partial charge in [-0.1, -0.05) is 6.07 Å². The molecule has 0 aliphatic rings. The van der Waals surface area contributed by atoms with Gasteiger partial charge in [-0.3, -0.25) is 0 Å². The molecule has 0 atom stereocenters. The number of rotatable bonds is 1. The molecule has 2 N–H and O–H groups in total. The van der Waals surface area contributed by atoms with Gasteiger partial charge in [0.15, 0.2) is 5.82 Å². The average Bonchev–Trinajstić information content (AvgIpc) is 2.22. The van der Waals surface area contributed by atoms with Crippen LogP contribution in [0.5, 0.6) is 0 Å². The number of benzene rings is 1. The fourth-order valence-electron chi connectivity index (χ4n) is 1.91. The highest BCUT2D eigenvalue weighted by molar-refractivity contribution is 5.63. The minimum Gasteiger partial charge on any atom is -0.384 e. The summed E-state index contributed by atoms with van der Waals surface area (Å²) in [5, 5.41) is 0. The van der Waals surface area contributed by atoms with E-state index < -0.39 is 0 Å². The van der Waals surface area contributed by atoms with Gasteiger partial charge in [0.05, 0.1) is 0 Å². The lowest BCUT2D eigenvalue weighted by molar-refractivity contribution is 1.11. The van der Waals surface area contributed by atoms with Crippen molar-refractivity contribution in [2.45, 2.75) is 27.7 Å². The van der Waals surface area contributed by atoms with Crippen molar-refractivity contribution in [1.82, 2.24) is 9.97 Å². The van der Waals surface area contributed by atoms with Gasteiger partial charge in [0.2, 0.25) is 0 Å². The lowest BCUT2D eigenvalue weighted by Gasteiger charge is -2.09. The highest BCUT2D eigenvalue weighted by Crippen LogP contribution is 2.24. The first kappa shape index (κ1) is 11.6. The Bertz CT molecular complexity index is 554. The van der Waals surface area contributed by atoms with Gasteiger partial charge < -0.3 is 5.73 Å². The van der Waals surface area contributed by atoms with Crippen LogP contribution in [0.1, 0.15) is 22.4 Å². The van der Waals surface area contributed by atoms with Crippen LogP contribution in [-0.4, -0.2) is 9.97 Å². The average molecular weight is 227 g/mol. The third-order valence-electron chi connectivity index (χ3n) is 2.96. The number of hydrogen-bond acceptors (Lipinski definition) is 3. The predicted octanol–water partition coefficient (Wildman–Crippen LogP) is 2.96. The molecule has 0 spiro atoms. The topological polar surface area (TPSA) is 51.8 Å². The summed E-state index contributed by atoms with van der Waals surface area (Å²) in [6, 6.07) is 6.06. The molecule has 1 heterocycles. The van der Waals surface area contributed by atoms with Crippen molar-refractivity contribution in [2.75, 3.05) is 5.73 Å². The van der Waals surface area contributed by atoms with Gasteiger partial charge in [-0.25, -0.2) is 9.97 Å². The van der Waals surface area contributed by atoms with Gasteiger partial charge in [0.1, 0.15) is 5.82 Å². The van der Waals surface area contributed by atoms with Crippen LogP contribution in [0.2, 0.25) is 0 Å². The summed E-state index contributed by atoms with van der Waals surface area (Å²) in [5.41, 5.74) is 11.4. The van der Waals surface area contributed by atoms with E-state index in [1.54, 1.807) is 6.07 Å². The molecule has 17 heavy (non-hydrogen) atoms. The lowest BCUT2D eigenvalue weighted by Crippen LogP contribution is -1.99. The predicted molar refractivity (Wildman–Crippen MR) is 70.8 cm³/mol. The number of nitrogens with zero attached hydrogens (tertiary/aromatic N) is 2. The number of aromatic nitrogens is 2. The molecule has 3 heteroatoms. The Hall–Kier alpha value is -1.90. The zero-order valence-corrected chi connectivity index (χ0v) is 10.7.